The Labute approximate surface area is 119 Å². The lowest BCUT2D eigenvalue weighted by molar-refractivity contribution is -0.140. The molecule has 0 N–H and O–H groups in total. The van der Waals surface area contributed by atoms with Crippen molar-refractivity contribution in [2.45, 2.75) is 39.2 Å². The molecule has 4 heteroatoms. The number of hydrogen-bond acceptors (Lipinski definition) is 3. The summed E-state index contributed by atoms with van der Waals surface area (Å²) < 4.78 is 5.52. The fourth-order valence-corrected chi connectivity index (χ4v) is 3.26. The minimum atomic E-state index is 0.267. The van der Waals surface area contributed by atoms with Crippen LogP contribution >= 0.6 is 11.3 Å². The largest absolute Gasteiger partial charge is 0.377 e. The molecule has 0 saturated carbocycles. The molecule has 1 amide bonds. The summed E-state index contributed by atoms with van der Waals surface area (Å²) in [6, 6.07) is 2.37. The molecule has 1 aromatic rings. The van der Waals surface area contributed by atoms with Crippen molar-refractivity contribution in [1.82, 2.24) is 4.90 Å². The van der Waals surface area contributed by atoms with E-state index in [2.05, 4.69) is 30.7 Å². The van der Waals surface area contributed by atoms with Crippen molar-refractivity contribution in [3.8, 4) is 0 Å². The third-order valence-electron chi connectivity index (χ3n) is 3.50. The van der Waals surface area contributed by atoms with Gasteiger partial charge in [-0.1, -0.05) is 13.8 Å². The normalized spacial score (nSPS) is 19.9. The van der Waals surface area contributed by atoms with Crippen LogP contribution in [0.3, 0.4) is 0 Å². The number of rotatable bonds is 5. The highest BCUT2D eigenvalue weighted by Crippen LogP contribution is 2.18. The van der Waals surface area contributed by atoms with Crippen molar-refractivity contribution in [3.63, 3.8) is 0 Å². The molecule has 1 fully saturated rings. The van der Waals surface area contributed by atoms with E-state index in [4.69, 9.17) is 4.74 Å². The molecule has 2 rings (SSSR count). The van der Waals surface area contributed by atoms with Gasteiger partial charge in [-0.2, -0.15) is 11.3 Å². The van der Waals surface area contributed by atoms with Gasteiger partial charge in [0, 0.05) is 13.0 Å². The molecule has 1 atom stereocenters. The highest BCUT2D eigenvalue weighted by molar-refractivity contribution is 7.07. The van der Waals surface area contributed by atoms with Crippen LogP contribution in [-0.2, 0) is 16.0 Å². The number of amides is 1. The van der Waals surface area contributed by atoms with Gasteiger partial charge in [-0.3, -0.25) is 4.79 Å². The smallest absolute Gasteiger partial charge is 0.223 e. The Kier molecular flexibility index (Phi) is 5.40. The Morgan fingerprint density at radius 2 is 2.42 bits per heavy atom. The quantitative estimate of drug-likeness (QED) is 0.830. The van der Waals surface area contributed by atoms with Crippen LogP contribution in [0.25, 0.3) is 0 Å². The van der Waals surface area contributed by atoms with Gasteiger partial charge < -0.3 is 9.64 Å². The monoisotopic (exact) mass is 281 g/mol. The van der Waals surface area contributed by atoms with Crippen LogP contribution in [0, 0.1) is 5.92 Å². The second kappa shape index (κ2) is 7.06. The lowest BCUT2D eigenvalue weighted by Gasteiger charge is -2.36. The van der Waals surface area contributed by atoms with Gasteiger partial charge in [0.2, 0.25) is 5.91 Å². The number of aryl methyl sites for hydroxylation is 1. The topological polar surface area (TPSA) is 29.5 Å². The molecule has 106 valence electrons. The molecule has 1 aromatic heterocycles. The number of carbonyl (C=O) groups excluding carboxylic acids is 1. The summed E-state index contributed by atoms with van der Waals surface area (Å²) in [5.74, 6) is 0.874. The van der Waals surface area contributed by atoms with E-state index in [0.717, 1.165) is 19.4 Å². The van der Waals surface area contributed by atoms with E-state index >= 15 is 0 Å². The molecule has 0 radical (unpaired) electrons. The average molecular weight is 281 g/mol. The molecule has 1 unspecified atom stereocenters. The first kappa shape index (κ1) is 14.5. The fourth-order valence-electron chi connectivity index (χ4n) is 2.55. The zero-order chi connectivity index (χ0) is 13.7. The summed E-state index contributed by atoms with van der Waals surface area (Å²) in [4.78, 5) is 14.4. The van der Waals surface area contributed by atoms with Gasteiger partial charge in [0.1, 0.15) is 0 Å². The molecule has 0 aromatic carbocycles. The number of morpholine rings is 1. The third-order valence-corrected chi connectivity index (χ3v) is 4.23. The van der Waals surface area contributed by atoms with Gasteiger partial charge in [-0.15, -0.1) is 0 Å². The number of thiophene rings is 1. The van der Waals surface area contributed by atoms with Crippen molar-refractivity contribution < 1.29 is 9.53 Å². The maximum atomic E-state index is 12.4. The minimum absolute atomic E-state index is 0.267. The highest BCUT2D eigenvalue weighted by Gasteiger charge is 2.27. The maximum Gasteiger partial charge on any atom is 0.223 e. The van der Waals surface area contributed by atoms with Gasteiger partial charge in [-0.25, -0.2) is 0 Å². The number of nitrogens with zero attached hydrogens (tertiary/aromatic N) is 1. The van der Waals surface area contributed by atoms with Gasteiger partial charge in [-0.05, 0) is 41.1 Å². The lowest BCUT2D eigenvalue weighted by Crippen LogP contribution is -2.49. The Bertz CT molecular complexity index is 389. The fraction of sp³-hybridized carbons (Fsp3) is 0.667. The van der Waals surface area contributed by atoms with Crippen molar-refractivity contribution in [3.05, 3.63) is 22.4 Å². The van der Waals surface area contributed by atoms with Crippen molar-refractivity contribution >= 4 is 17.2 Å². The second-order valence-electron chi connectivity index (χ2n) is 5.58. The molecular formula is C15H23NO2S. The van der Waals surface area contributed by atoms with E-state index in [1.165, 1.54) is 5.56 Å². The average Bonchev–Trinajstić information content (AvgIpc) is 2.89. The predicted octanol–water partition coefficient (Wildman–Crippen LogP) is 2.95. The molecule has 1 saturated heterocycles. The second-order valence-corrected chi connectivity index (χ2v) is 6.36. The van der Waals surface area contributed by atoms with Crippen LogP contribution in [0.1, 0.15) is 32.3 Å². The molecule has 0 bridgehead atoms. The summed E-state index contributed by atoms with van der Waals surface area (Å²) in [7, 11) is 0. The first-order valence-corrected chi connectivity index (χ1v) is 7.99. The zero-order valence-corrected chi connectivity index (χ0v) is 12.6. The standard InChI is InChI=1S/C15H23NO2S/c1-12(2)9-14-10-18-7-6-16(14)15(17)4-3-13-5-8-19-11-13/h5,8,11-12,14H,3-4,6-7,9-10H2,1-2H3. The molecule has 1 aliphatic rings. The summed E-state index contributed by atoms with van der Waals surface area (Å²) >= 11 is 1.69. The van der Waals surface area contributed by atoms with Crippen LogP contribution < -0.4 is 0 Å². The van der Waals surface area contributed by atoms with Crippen LogP contribution in [0.5, 0.6) is 0 Å². The summed E-state index contributed by atoms with van der Waals surface area (Å²) in [5, 5.41) is 4.19. The summed E-state index contributed by atoms with van der Waals surface area (Å²) in [5.41, 5.74) is 1.27. The first-order valence-electron chi connectivity index (χ1n) is 7.05. The molecule has 0 spiro atoms. The van der Waals surface area contributed by atoms with Gasteiger partial charge in [0.15, 0.2) is 0 Å². The van der Waals surface area contributed by atoms with E-state index in [0.29, 0.717) is 25.6 Å². The molecule has 3 nitrogen and oxygen atoms in total. The van der Waals surface area contributed by atoms with Crippen LogP contribution in [0.15, 0.2) is 16.8 Å². The number of carbonyl (C=O) groups is 1. The number of hydrogen-bond donors (Lipinski definition) is 0. The van der Waals surface area contributed by atoms with Crippen LogP contribution in [0.4, 0.5) is 0 Å². The molecule has 1 aliphatic heterocycles. The Morgan fingerprint density at radius 1 is 1.58 bits per heavy atom. The van der Waals surface area contributed by atoms with Gasteiger partial charge >= 0.3 is 0 Å². The molecule has 2 heterocycles. The molecule has 19 heavy (non-hydrogen) atoms. The first-order chi connectivity index (χ1) is 9.16. The number of ether oxygens (including phenoxy) is 1. The summed E-state index contributed by atoms with van der Waals surface area (Å²) in [6.45, 7) is 6.52. The van der Waals surface area contributed by atoms with Gasteiger partial charge in [0.25, 0.3) is 0 Å². The van der Waals surface area contributed by atoms with E-state index in [1.807, 2.05) is 4.90 Å². The lowest BCUT2D eigenvalue weighted by atomic mass is 10.0. The van der Waals surface area contributed by atoms with Gasteiger partial charge in [0.05, 0.1) is 19.3 Å². The Balaban J connectivity index is 1.87. The van der Waals surface area contributed by atoms with E-state index < -0.39 is 0 Å². The van der Waals surface area contributed by atoms with Crippen molar-refractivity contribution in [1.29, 1.82) is 0 Å². The predicted molar refractivity (Wildman–Crippen MR) is 78.4 cm³/mol. The maximum absolute atomic E-state index is 12.4. The van der Waals surface area contributed by atoms with E-state index in [1.54, 1.807) is 11.3 Å². The van der Waals surface area contributed by atoms with Crippen LogP contribution in [0.2, 0.25) is 0 Å². The van der Waals surface area contributed by atoms with Crippen molar-refractivity contribution in [2.75, 3.05) is 19.8 Å². The van der Waals surface area contributed by atoms with Crippen LogP contribution in [-0.4, -0.2) is 36.6 Å². The van der Waals surface area contributed by atoms with Crippen molar-refractivity contribution in [2.24, 2.45) is 5.92 Å². The minimum Gasteiger partial charge on any atom is -0.377 e. The summed E-state index contributed by atoms with van der Waals surface area (Å²) in [6.07, 6.45) is 2.50. The Hall–Kier alpha value is -0.870. The SMILES string of the molecule is CC(C)CC1COCCN1C(=O)CCc1ccsc1. The molecule has 0 aliphatic carbocycles. The van der Waals surface area contributed by atoms with E-state index in [9.17, 15) is 4.79 Å². The van der Waals surface area contributed by atoms with E-state index in [-0.39, 0.29) is 11.9 Å². The Morgan fingerprint density at radius 3 is 3.11 bits per heavy atom. The third kappa shape index (κ3) is 4.32. The highest BCUT2D eigenvalue weighted by atomic mass is 32.1. The molecular weight excluding hydrogens is 258 g/mol. The zero-order valence-electron chi connectivity index (χ0n) is 11.8.